The summed E-state index contributed by atoms with van der Waals surface area (Å²) in [5.41, 5.74) is 3.74. The number of rotatable bonds is 6. The maximum absolute atomic E-state index is 13.4. The van der Waals surface area contributed by atoms with Gasteiger partial charge in [-0.15, -0.1) is 0 Å². The van der Waals surface area contributed by atoms with E-state index in [4.69, 9.17) is 4.74 Å². The van der Waals surface area contributed by atoms with Crippen molar-refractivity contribution >= 4 is 22.0 Å². The monoisotopic (exact) mass is 416 g/mol. The average molecular weight is 416 g/mol. The Bertz CT molecular complexity index is 1020. The van der Waals surface area contributed by atoms with E-state index in [-0.39, 0.29) is 18.0 Å². The molecule has 7 nitrogen and oxygen atoms in total. The summed E-state index contributed by atoms with van der Waals surface area (Å²) < 4.78 is 34.2. The molecule has 3 rings (SSSR count). The van der Waals surface area contributed by atoms with Crippen LogP contribution in [0.25, 0.3) is 0 Å². The van der Waals surface area contributed by atoms with Crippen molar-refractivity contribution in [3.05, 3.63) is 64.2 Å². The Morgan fingerprint density at radius 3 is 2.14 bits per heavy atom. The molecule has 2 amide bonds. The highest BCUT2D eigenvalue weighted by Crippen LogP contribution is 2.28. The lowest BCUT2D eigenvalue weighted by molar-refractivity contribution is -0.126. The summed E-state index contributed by atoms with van der Waals surface area (Å²) in [5, 5.41) is 0. The summed E-state index contributed by atoms with van der Waals surface area (Å²) in [4.78, 5) is 25.0. The molecule has 0 saturated carbocycles. The van der Waals surface area contributed by atoms with Crippen molar-refractivity contribution in [2.75, 3.05) is 13.2 Å². The van der Waals surface area contributed by atoms with Crippen molar-refractivity contribution in [3.8, 4) is 0 Å². The molecule has 1 aliphatic heterocycles. The number of cyclic esters (lactones) is 1. The molecule has 29 heavy (non-hydrogen) atoms. The fourth-order valence-electron chi connectivity index (χ4n) is 3.47. The van der Waals surface area contributed by atoms with Crippen LogP contribution in [0.3, 0.4) is 0 Å². The van der Waals surface area contributed by atoms with E-state index in [1.54, 1.807) is 38.1 Å². The molecule has 154 valence electrons. The van der Waals surface area contributed by atoms with Gasteiger partial charge in [0.15, 0.2) is 6.61 Å². The van der Waals surface area contributed by atoms with Gasteiger partial charge in [-0.05, 0) is 55.5 Å². The van der Waals surface area contributed by atoms with E-state index in [0.29, 0.717) is 16.7 Å². The minimum absolute atomic E-state index is 0.149. The number of hydrogen-bond acceptors (Lipinski definition) is 5. The number of carbonyl (C=O) groups is 2. The van der Waals surface area contributed by atoms with E-state index in [9.17, 15) is 18.0 Å². The number of aryl methyl sites for hydroxylation is 2. The molecule has 1 atom stereocenters. The predicted octanol–water partition coefficient (Wildman–Crippen LogP) is 2.92. The first-order valence-electron chi connectivity index (χ1n) is 9.23. The number of nitrogens with one attached hydrogen (secondary N) is 1. The van der Waals surface area contributed by atoms with Crippen molar-refractivity contribution in [1.29, 1.82) is 0 Å². The predicted molar refractivity (Wildman–Crippen MR) is 108 cm³/mol. The molecule has 1 N–H and O–H groups in total. The Labute approximate surface area is 170 Å². The molecule has 0 aliphatic carbocycles. The summed E-state index contributed by atoms with van der Waals surface area (Å²) in [7, 11) is -3.93. The highest BCUT2D eigenvalue weighted by atomic mass is 32.2. The van der Waals surface area contributed by atoms with Crippen molar-refractivity contribution in [3.63, 3.8) is 0 Å². The van der Waals surface area contributed by atoms with E-state index >= 15 is 0 Å². The Morgan fingerprint density at radius 2 is 1.62 bits per heavy atom. The van der Waals surface area contributed by atoms with Gasteiger partial charge in [0.25, 0.3) is 5.91 Å². The first-order chi connectivity index (χ1) is 13.6. The van der Waals surface area contributed by atoms with Gasteiger partial charge < -0.3 is 4.74 Å². The van der Waals surface area contributed by atoms with Crippen LogP contribution in [-0.2, 0) is 19.6 Å². The molecule has 1 fully saturated rings. The van der Waals surface area contributed by atoms with Crippen LogP contribution in [0.4, 0.5) is 4.79 Å². The first-order valence-corrected chi connectivity index (χ1v) is 10.7. The van der Waals surface area contributed by atoms with Crippen molar-refractivity contribution < 1.29 is 22.7 Å². The van der Waals surface area contributed by atoms with Gasteiger partial charge in [-0.25, -0.2) is 22.8 Å². The van der Waals surface area contributed by atoms with Crippen LogP contribution in [0.2, 0.25) is 0 Å². The van der Waals surface area contributed by atoms with Gasteiger partial charge in [0.1, 0.15) is 0 Å². The standard InChI is InChI=1S/C21H24N2O5S/c1-13-10-14(2)16(4)20(15(13)3)29(26,27)22-18(17-8-6-5-7-9-17)11-23-19(24)12-28-21(23)25/h5-10,18,22H,11-12H2,1-4H3. The van der Waals surface area contributed by atoms with E-state index in [1.165, 1.54) is 0 Å². The van der Waals surface area contributed by atoms with Gasteiger partial charge in [-0.1, -0.05) is 36.4 Å². The van der Waals surface area contributed by atoms with E-state index < -0.39 is 28.1 Å². The second kappa shape index (κ2) is 7.96. The number of imide groups is 1. The van der Waals surface area contributed by atoms with Gasteiger partial charge >= 0.3 is 6.09 Å². The van der Waals surface area contributed by atoms with Crippen molar-refractivity contribution in [2.24, 2.45) is 0 Å². The Balaban J connectivity index is 2.02. The van der Waals surface area contributed by atoms with Gasteiger partial charge in [0.05, 0.1) is 17.5 Å². The van der Waals surface area contributed by atoms with E-state index in [2.05, 4.69) is 4.72 Å². The molecular formula is C21H24N2O5S. The molecule has 0 radical (unpaired) electrons. The quantitative estimate of drug-likeness (QED) is 0.782. The Hall–Kier alpha value is -2.71. The minimum atomic E-state index is -3.93. The van der Waals surface area contributed by atoms with E-state index in [0.717, 1.165) is 16.0 Å². The second-order valence-corrected chi connectivity index (χ2v) is 8.88. The molecule has 1 unspecified atom stereocenters. The van der Waals surface area contributed by atoms with Gasteiger partial charge in [0.2, 0.25) is 10.0 Å². The summed E-state index contributed by atoms with van der Waals surface area (Å²) in [5.74, 6) is -0.492. The number of nitrogens with zero attached hydrogens (tertiary/aromatic N) is 1. The molecule has 2 aromatic carbocycles. The minimum Gasteiger partial charge on any atom is -0.439 e. The van der Waals surface area contributed by atoms with Crippen LogP contribution >= 0.6 is 0 Å². The van der Waals surface area contributed by atoms with Crippen LogP contribution in [0.1, 0.15) is 33.9 Å². The number of carbonyl (C=O) groups excluding carboxylic acids is 2. The molecule has 1 aliphatic rings. The lowest BCUT2D eigenvalue weighted by Crippen LogP contribution is -2.40. The summed E-state index contributed by atoms with van der Waals surface area (Å²) in [6, 6.07) is 10.00. The number of ether oxygens (including phenoxy) is 1. The molecule has 8 heteroatoms. The van der Waals surface area contributed by atoms with Crippen LogP contribution < -0.4 is 4.72 Å². The zero-order valence-electron chi connectivity index (χ0n) is 16.9. The lowest BCUT2D eigenvalue weighted by Gasteiger charge is -2.24. The van der Waals surface area contributed by atoms with Crippen molar-refractivity contribution in [2.45, 2.75) is 38.6 Å². The third-order valence-corrected chi connectivity index (χ3v) is 7.02. The molecule has 0 spiro atoms. The molecule has 0 bridgehead atoms. The highest BCUT2D eigenvalue weighted by Gasteiger charge is 2.35. The fourth-order valence-corrected chi connectivity index (χ4v) is 5.30. The summed E-state index contributed by atoms with van der Waals surface area (Å²) in [6.45, 7) is 6.80. The molecule has 1 saturated heterocycles. The third-order valence-electron chi connectivity index (χ3n) is 5.27. The SMILES string of the molecule is Cc1cc(C)c(C)c(S(=O)(=O)NC(CN2C(=O)COC2=O)c2ccccc2)c1C. The largest absolute Gasteiger partial charge is 0.439 e. The maximum Gasteiger partial charge on any atom is 0.417 e. The Morgan fingerprint density at radius 1 is 1.03 bits per heavy atom. The summed E-state index contributed by atoms with van der Waals surface area (Å²) in [6.07, 6.45) is -0.770. The zero-order chi connectivity index (χ0) is 21.3. The number of amides is 2. The smallest absolute Gasteiger partial charge is 0.417 e. The number of sulfonamides is 1. The second-order valence-electron chi connectivity index (χ2n) is 7.23. The number of benzene rings is 2. The van der Waals surface area contributed by atoms with Crippen LogP contribution in [-0.4, -0.2) is 38.5 Å². The van der Waals surface area contributed by atoms with Gasteiger partial charge in [-0.2, -0.15) is 0 Å². The summed E-state index contributed by atoms with van der Waals surface area (Å²) >= 11 is 0. The van der Waals surface area contributed by atoms with E-state index in [1.807, 2.05) is 26.0 Å². The molecule has 1 heterocycles. The van der Waals surface area contributed by atoms with Crippen LogP contribution in [0.5, 0.6) is 0 Å². The third kappa shape index (κ3) is 4.18. The molecule has 2 aromatic rings. The average Bonchev–Trinajstić information content (AvgIpc) is 2.98. The van der Waals surface area contributed by atoms with Gasteiger partial charge in [-0.3, -0.25) is 4.79 Å². The maximum atomic E-state index is 13.4. The van der Waals surface area contributed by atoms with Crippen molar-refractivity contribution in [1.82, 2.24) is 9.62 Å². The number of hydrogen-bond donors (Lipinski definition) is 1. The van der Waals surface area contributed by atoms with Gasteiger partial charge in [0, 0.05) is 0 Å². The highest BCUT2D eigenvalue weighted by molar-refractivity contribution is 7.89. The Kier molecular flexibility index (Phi) is 5.77. The zero-order valence-corrected chi connectivity index (χ0v) is 17.7. The molecule has 0 aromatic heterocycles. The topological polar surface area (TPSA) is 92.8 Å². The lowest BCUT2D eigenvalue weighted by atomic mass is 10.0. The normalized spacial score (nSPS) is 15.5. The van der Waals surface area contributed by atoms with Crippen LogP contribution in [0, 0.1) is 27.7 Å². The first kappa shape index (κ1) is 21.0. The fraction of sp³-hybridized carbons (Fsp3) is 0.333. The van der Waals surface area contributed by atoms with Crippen LogP contribution in [0.15, 0.2) is 41.3 Å². The molecular weight excluding hydrogens is 392 g/mol.